The van der Waals surface area contributed by atoms with Crippen LogP contribution >= 0.6 is 11.3 Å². The predicted molar refractivity (Wildman–Crippen MR) is 74.6 cm³/mol. The van der Waals surface area contributed by atoms with Gasteiger partial charge in [-0.25, -0.2) is 13.4 Å². The van der Waals surface area contributed by atoms with Gasteiger partial charge in [0.1, 0.15) is 5.01 Å². The maximum Gasteiger partial charge on any atom is 0.152 e. The van der Waals surface area contributed by atoms with Gasteiger partial charge < -0.3 is 5.73 Å². The van der Waals surface area contributed by atoms with Crippen LogP contribution in [0.2, 0.25) is 0 Å². The summed E-state index contributed by atoms with van der Waals surface area (Å²) in [5.74, 6) is 0.344. The van der Waals surface area contributed by atoms with Crippen LogP contribution in [-0.2, 0) is 15.4 Å². The molecular formula is C12H20N2O2S2. The fourth-order valence-electron chi connectivity index (χ4n) is 2.60. The van der Waals surface area contributed by atoms with Crippen molar-refractivity contribution < 1.29 is 8.42 Å². The molecule has 4 nitrogen and oxygen atoms in total. The molecule has 2 N–H and O–H groups in total. The molecule has 1 aromatic rings. The van der Waals surface area contributed by atoms with Crippen molar-refractivity contribution >= 4 is 21.2 Å². The van der Waals surface area contributed by atoms with E-state index < -0.39 is 20.6 Å². The molecule has 2 unspecified atom stereocenters. The summed E-state index contributed by atoms with van der Waals surface area (Å²) in [6.45, 7) is 4.15. The minimum atomic E-state index is -3.13. The van der Waals surface area contributed by atoms with E-state index in [0.29, 0.717) is 18.8 Å². The number of nitrogens with two attached hydrogens (primary N) is 1. The van der Waals surface area contributed by atoms with Gasteiger partial charge >= 0.3 is 0 Å². The van der Waals surface area contributed by atoms with Crippen molar-refractivity contribution in [3.05, 3.63) is 16.1 Å². The summed E-state index contributed by atoms with van der Waals surface area (Å²) in [6.07, 6.45) is 3.48. The van der Waals surface area contributed by atoms with E-state index in [0.717, 1.165) is 17.1 Å². The normalized spacial score (nSPS) is 29.1. The predicted octanol–water partition coefficient (Wildman–Crippen LogP) is 2.02. The number of hydrogen-bond acceptors (Lipinski definition) is 5. The van der Waals surface area contributed by atoms with Gasteiger partial charge in [0, 0.05) is 11.6 Å². The first-order valence-electron chi connectivity index (χ1n) is 6.19. The van der Waals surface area contributed by atoms with E-state index in [9.17, 15) is 8.42 Å². The lowest BCUT2D eigenvalue weighted by Crippen LogP contribution is -2.47. The summed E-state index contributed by atoms with van der Waals surface area (Å²) in [5.41, 5.74) is 6.61. The van der Waals surface area contributed by atoms with Crippen LogP contribution in [-0.4, -0.2) is 24.9 Å². The Balaban J connectivity index is 2.40. The van der Waals surface area contributed by atoms with Crippen LogP contribution in [0.1, 0.15) is 49.7 Å². The third-order valence-corrected chi connectivity index (χ3v) is 6.40. The fourth-order valence-corrected chi connectivity index (χ4v) is 5.45. The van der Waals surface area contributed by atoms with Crippen LogP contribution in [0.15, 0.2) is 5.38 Å². The number of aromatic nitrogens is 1. The van der Waals surface area contributed by atoms with E-state index in [1.165, 1.54) is 17.6 Å². The minimum Gasteiger partial charge on any atom is -0.318 e. The van der Waals surface area contributed by atoms with Gasteiger partial charge in [-0.2, -0.15) is 0 Å². The van der Waals surface area contributed by atoms with Crippen molar-refractivity contribution in [2.24, 2.45) is 5.73 Å². The van der Waals surface area contributed by atoms with Crippen LogP contribution in [0.5, 0.6) is 0 Å². The van der Waals surface area contributed by atoms with Crippen LogP contribution < -0.4 is 5.73 Å². The van der Waals surface area contributed by atoms with Crippen molar-refractivity contribution in [2.75, 3.05) is 6.26 Å². The average molecular weight is 288 g/mol. The van der Waals surface area contributed by atoms with Crippen molar-refractivity contribution in [2.45, 2.75) is 49.8 Å². The first-order valence-corrected chi connectivity index (χ1v) is 9.02. The third kappa shape index (κ3) is 2.33. The van der Waals surface area contributed by atoms with Crippen LogP contribution in [0.3, 0.4) is 0 Å². The van der Waals surface area contributed by atoms with E-state index >= 15 is 0 Å². The summed E-state index contributed by atoms with van der Waals surface area (Å²) in [4.78, 5) is 4.56. The Morgan fingerprint density at radius 2 is 2.22 bits per heavy atom. The Bertz CT molecular complexity index is 536. The monoisotopic (exact) mass is 288 g/mol. The Hall–Kier alpha value is -0.460. The Morgan fingerprint density at radius 1 is 1.56 bits per heavy atom. The lowest BCUT2D eigenvalue weighted by molar-refractivity contribution is 0.448. The minimum absolute atomic E-state index is 0.344. The van der Waals surface area contributed by atoms with Crippen molar-refractivity contribution in [3.63, 3.8) is 0 Å². The van der Waals surface area contributed by atoms with E-state index in [1.54, 1.807) is 0 Å². The van der Waals surface area contributed by atoms with Crippen molar-refractivity contribution in [1.29, 1.82) is 0 Å². The second-order valence-electron chi connectivity index (χ2n) is 5.48. The number of rotatable bonds is 3. The molecule has 18 heavy (non-hydrogen) atoms. The smallest absolute Gasteiger partial charge is 0.152 e. The lowest BCUT2D eigenvalue weighted by atomic mass is 10.00. The van der Waals surface area contributed by atoms with E-state index in [4.69, 9.17) is 5.73 Å². The van der Waals surface area contributed by atoms with Gasteiger partial charge in [0.15, 0.2) is 9.84 Å². The fraction of sp³-hybridized carbons (Fsp3) is 0.750. The molecule has 2 atom stereocenters. The molecule has 1 heterocycles. The summed E-state index contributed by atoms with van der Waals surface area (Å²) >= 11 is 1.49. The number of thiazole rings is 1. The zero-order valence-corrected chi connectivity index (χ0v) is 12.6. The van der Waals surface area contributed by atoms with Crippen LogP contribution in [0, 0.1) is 0 Å². The molecule has 1 fully saturated rings. The quantitative estimate of drug-likeness (QED) is 0.923. The van der Waals surface area contributed by atoms with Crippen molar-refractivity contribution in [1.82, 2.24) is 4.98 Å². The largest absolute Gasteiger partial charge is 0.318 e. The Kier molecular flexibility index (Phi) is 3.55. The van der Waals surface area contributed by atoms with Gasteiger partial charge in [0.2, 0.25) is 0 Å². The average Bonchev–Trinajstić information content (AvgIpc) is 2.82. The van der Waals surface area contributed by atoms with Gasteiger partial charge in [-0.15, -0.1) is 11.3 Å². The first kappa shape index (κ1) is 14.0. The van der Waals surface area contributed by atoms with Crippen LogP contribution in [0.25, 0.3) is 0 Å². The second kappa shape index (κ2) is 4.58. The standard InChI is InChI=1S/C12H20N2O2S2/c1-8(2)9-7-17-11(14-9)12(13)6-4-5-10(12)18(3,15)16/h7-8,10H,4-6,13H2,1-3H3. The van der Waals surface area contributed by atoms with Gasteiger partial charge in [0.05, 0.1) is 16.5 Å². The maximum atomic E-state index is 11.9. The zero-order valence-electron chi connectivity index (χ0n) is 11.0. The molecule has 0 bridgehead atoms. The summed E-state index contributed by atoms with van der Waals surface area (Å²) in [7, 11) is -3.13. The van der Waals surface area contributed by atoms with Gasteiger partial charge in [-0.05, 0) is 25.2 Å². The zero-order chi connectivity index (χ0) is 13.6. The molecule has 1 aromatic heterocycles. The molecule has 0 aromatic carbocycles. The number of sulfone groups is 1. The SMILES string of the molecule is CC(C)c1csc(C2(N)CCCC2S(C)(=O)=O)n1. The van der Waals surface area contributed by atoms with E-state index in [2.05, 4.69) is 18.8 Å². The number of nitrogens with zero attached hydrogens (tertiary/aromatic N) is 1. The molecule has 1 aliphatic carbocycles. The third-order valence-electron chi connectivity index (χ3n) is 3.66. The van der Waals surface area contributed by atoms with E-state index in [1.807, 2.05) is 5.38 Å². The molecule has 0 amide bonds. The molecular weight excluding hydrogens is 268 g/mol. The molecule has 0 aliphatic heterocycles. The molecule has 2 rings (SSSR count). The highest BCUT2D eigenvalue weighted by Crippen LogP contribution is 2.42. The summed E-state index contributed by atoms with van der Waals surface area (Å²) < 4.78 is 23.7. The summed E-state index contributed by atoms with van der Waals surface area (Å²) in [5, 5.41) is 2.28. The number of hydrogen-bond donors (Lipinski definition) is 1. The molecule has 102 valence electrons. The first-order chi connectivity index (χ1) is 8.25. The highest BCUT2D eigenvalue weighted by Gasteiger charge is 2.48. The topological polar surface area (TPSA) is 73.1 Å². The lowest BCUT2D eigenvalue weighted by Gasteiger charge is -2.28. The highest BCUT2D eigenvalue weighted by molar-refractivity contribution is 7.91. The van der Waals surface area contributed by atoms with E-state index in [-0.39, 0.29) is 0 Å². The molecule has 0 saturated heterocycles. The maximum absolute atomic E-state index is 11.9. The van der Waals surface area contributed by atoms with Crippen molar-refractivity contribution in [3.8, 4) is 0 Å². The van der Waals surface area contributed by atoms with Crippen LogP contribution in [0.4, 0.5) is 0 Å². The highest BCUT2D eigenvalue weighted by atomic mass is 32.2. The molecule has 6 heteroatoms. The van der Waals surface area contributed by atoms with Gasteiger partial charge in [-0.1, -0.05) is 13.8 Å². The molecule has 1 saturated carbocycles. The second-order valence-corrected chi connectivity index (χ2v) is 8.57. The Labute approximate surface area is 113 Å². The van der Waals surface area contributed by atoms with Gasteiger partial charge in [-0.3, -0.25) is 0 Å². The Morgan fingerprint density at radius 3 is 2.72 bits per heavy atom. The molecule has 1 aliphatic rings. The molecule has 0 spiro atoms. The summed E-state index contributed by atoms with van der Waals surface area (Å²) in [6, 6.07) is 0. The molecule has 0 radical (unpaired) electrons. The van der Waals surface area contributed by atoms with Gasteiger partial charge in [0.25, 0.3) is 0 Å².